The Morgan fingerprint density at radius 3 is 2.54 bits per heavy atom. The van der Waals surface area contributed by atoms with Crippen molar-refractivity contribution in [2.45, 2.75) is 51.1 Å². The molecule has 0 saturated carbocycles. The first-order chi connectivity index (χ1) is 18.7. The van der Waals surface area contributed by atoms with Gasteiger partial charge >= 0.3 is 0 Å². The second-order valence-corrected chi connectivity index (χ2v) is 11.3. The highest BCUT2D eigenvalue weighted by Gasteiger charge is 2.42. The highest BCUT2D eigenvalue weighted by atomic mass is 19.3. The van der Waals surface area contributed by atoms with Crippen LogP contribution in [-0.2, 0) is 4.74 Å². The van der Waals surface area contributed by atoms with E-state index >= 15 is 4.39 Å². The van der Waals surface area contributed by atoms with Gasteiger partial charge in [0.05, 0.1) is 35.2 Å². The maximum Gasteiger partial charge on any atom is 0.266 e. The molecule has 0 aliphatic carbocycles. The van der Waals surface area contributed by atoms with Gasteiger partial charge in [0.15, 0.2) is 0 Å². The fourth-order valence-corrected chi connectivity index (χ4v) is 6.02. The maximum atomic E-state index is 15.6. The number of hydrogen-bond acceptors (Lipinski definition) is 5. The number of halogens is 4. The average Bonchev–Trinajstić information content (AvgIpc) is 3.54. The van der Waals surface area contributed by atoms with Crippen LogP contribution >= 0.6 is 0 Å². The molecule has 1 amide bonds. The predicted octanol–water partition coefficient (Wildman–Crippen LogP) is 5.52. The SMILES string of the molecule is C[C@@H](NC(=O)c1cc(N2CC[C@@]3(CCOC3)C2)c(F)cc1NC1CCN(C)CC1)c1cccc(C(F)F)c1F. The third-order valence-corrected chi connectivity index (χ3v) is 8.48. The molecule has 3 heterocycles. The fraction of sp³-hybridized carbons (Fsp3) is 0.552. The monoisotopic (exact) mass is 548 g/mol. The summed E-state index contributed by atoms with van der Waals surface area (Å²) in [6.07, 6.45) is 0.539. The molecule has 3 aliphatic heterocycles. The summed E-state index contributed by atoms with van der Waals surface area (Å²) in [4.78, 5) is 17.8. The number of anilines is 2. The van der Waals surface area contributed by atoms with Crippen LogP contribution in [0.15, 0.2) is 30.3 Å². The molecule has 3 saturated heterocycles. The summed E-state index contributed by atoms with van der Waals surface area (Å²) in [7, 11) is 2.05. The number of carbonyl (C=O) groups excluding carboxylic acids is 1. The van der Waals surface area contributed by atoms with Crippen LogP contribution in [0.5, 0.6) is 0 Å². The fourth-order valence-electron chi connectivity index (χ4n) is 6.02. The summed E-state index contributed by atoms with van der Waals surface area (Å²) >= 11 is 0. The number of likely N-dealkylation sites (tertiary alicyclic amines) is 1. The van der Waals surface area contributed by atoms with Crippen LogP contribution in [0.2, 0.25) is 0 Å². The topological polar surface area (TPSA) is 56.8 Å². The molecule has 3 aliphatic rings. The van der Waals surface area contributed by atoms with Crippen molar-refractivity contribution >= 4 is 17.3 Å². The van der Waals surface area contributed by atoms with Crippen LogP contribution in [0.25, 0.3) is 0 Å². The summed E-state index contributed by atoms with van der Waals surface area (Å²) in [5.41, 5.74) is 0.219. The van der Waals surface area contributed by atoms with E-state index in [-0.39, 0.29) is 22.6 Å². The van der Waals surface area contributed by atoms with Gasteiger partial charge in [-0.2, -0.15) is 0 Å². The summed E-state index contributed by atoms with van der Waals surface area (Å²) in [5, 5.41) is 6.12. The Bertz CT molecular complexity index is 1200. The van der Waals surface area contributed by atoms with E-state index in [1.54, 1.807) is 13.0 Å². The van der Waals surface area contributed by atoms with E-state index in [0.717, 1.165) is 44.8 Å². The number of amides is 1. The van der Waals surface area contributed by atoms with Crippen molar-refractivity contribution in [2.75, 3.05) is 56.7 Å². The molecule has 2 aromatic carbocycles. The van der Waals surface area contributed by atoms with E-state index in [1.807, 2.05) is 11.9 Å². The van der Waals surface area contributed by atoms with Gasteiger partial charge in [-0.05, 0) is 64.9 Å². The van der Waals surface area contributed by atoms with E-state index in [1.165, 1.54) is 18.2 Å². The molecule has 2 atom stereocenters. The summed E-state index contributed by atoms with van der Waals surface area (Å²) < 4.78 is 62.5. The van der Waals surface area contributed by atoms with Crippen LogP contribution in [0.1, 0.15) is 66.6 Å². The first-order valence-electron chi connectivity index (χ1n) is 13.6. The number of alkyl halides is 2. The third-order valence-electron chi connectivity index (χ3n) is 8.48. The number of piperidine rings is 1. The molecule has 10 heteroatoms. The summed E-state index contributed by atoms with van der Waals surface area (Å²) in [5.74, 6) is -1.98. The average molecular weight is 549 g/mol. The van der Waals surface area contributed by atoms with Crippen LogP contribution in [0.4, 0.5) is 28.9 Å². The minimum absolute atomic E-state index is 0.00165. The van der Waals surface area contributed by atoms with Crippen molar-refractivity contribution in [3.05, 3.63) is 58.7 Å². The number of benzene rings is 2. The molecule has 0 unspecified atom stereocenters. The lowest BCUT2D eigenvalue weighted by atomic mass is 9.87. The predicted molar refractivity (Wildman–Crippen MR) is 142 cm³/mol. The molecule has 0 aromatic heterocycles. The van der Waals surface area contributed by atoms with Gasteiger partial charge in [0.2, 0.25) is 0 Å². The number of hydrogen-bond donors (Lipinski definition) is 2. The first kappa shape index (κ1) is 27.7. The smallest absolute Gasteiger partial charge is 0.266 e. The highest BCUT2D eigenvalue weighted by Crippen LogP contribution is 2.41. The zero-order chi connectivity index (χ0) is 27.7. The molecule has 1 spiro atoms. The summed E-state index contributed by atoms with van der Waals surface area (Å²) in [6.45, 7) is 5.97. The number of carbonyl (C=O) groups is 1. The van der Waals surface area contributed by atoms with Gasteiger partial charge in [-0.25, -0.2) is 17.6 Å². The van der Waals surface area contributed by atoms with Crippen molar-refractivity contribution in [1.82, 2.24) is 10.2 Å². The van der Waals surface area contributed by atoms with E-state index < -0.39 is 35.6 Å². The third kappa shape index (κ3) is 5.87. The Balaban J connectivity index is 1.43. The van der Waals surface area contributed by atoms with E-state index in [4.69, 9.17) is 4.74 Å². The van der Waals surface area contributed by atoms with E-state index in [9.17, 15) is 18.0 Å². The number of rotatable bonds is 7. The second-order valence-electron chi connectivity index (χ2n) is 11.3. The van der Waals surface area contributed by atoms with Crippen LogP contribution in [0.3, 0.4) is 0 Å². The van der Waals surface area contributed by atoms with Gasteiger partial charge in [-0.15, -0.1) is 0 Å². The lowest BCUT2D eigenvalue weighted by Crippen LogP contribution is -2.37. The summed E-state index contributed by atoms with van der Waals surface area (Å²) in [6, 6.07) is 5.89. The molecule has 212 valence electrons. The molecule has 39 heavy (non-hydrogen) atoms. The Hall–Kier alpha value is -2.85. The lowest BCUT2D eigenvalue weighted by molar-refractivity contribution is 0.0940. The minimum atomic E-state index is -2.97. The van der Waals surface area contributed by atoms with Crippen molar-refractivity contribution in [3.8, 4) is 0 Å². The second kappa shape index (κ2) is 11.3. The first-order valence-corrected chi connectivity index (χ1v) is 13.6. The Morgan fingerprint density at radius 2 is 1.85 bits per heavy atom. The standard InChI is InChI=1S/C29H36F4N4O2/c1-18(20-4-3-5-21(26(20)31)27(32)33)34-28(38)22-14-25(37-12-8-29(16-37)9-13-39-17-29)23(30)15-24(22)35-19-6-10-36(2)11-7-19/h3-5,14-15,18-19,27,35H,6-13,16-17H2,1-2H3,(H,34,38)/t18-,29-/m1/s1. The van der Waals surface area contributed by atoms with E-state index in [2.05, 4.69) is 15.5 Å². The zero-order valence-corrected chi connectivity index (χ0v) is 22.4. The van der Waals surface area contributed by atoms with Crippen LogP contribution in [-0.4, -0.2) is 63.3 Å². The van der Waals surface area contributed by atoms with Crippen LogP contribution < -0.4 is 15.5 Å². The molecular weight excluding hydrogens is 512 g/mol. The molecule has 0 radical (unpaired) electrons. The van der Waals surface area contributed by atoms with Gasteiger partial charge in [0.25, 0.3) is 12.3 Å². The molecular formula is C29H36F4N4O2. The molecule has 3 fully saturated rings. The molecule has 6 nitrogen and oxygen atoms in total. The van der Waals surface area contributed by atoms with Crippen LogP contribution in [0, 0.1) is 17.0 Å². The van der Waals surface area contributed by atoms with Gasteiger partial charge in [0, 0.05) is 36.7 Å². The maximum absolute atomic E-state index is 15.6. The quantitative estimate of drug-likeness (QED) is 0.447. The Kier molecular flexibility index (Phi) is 8.05. The highest BCUT2D eigenvalue weighted by molar-refractivity contribution is 6.01. The van der Waals surface area contributed by atoms with Gasteiger partial charge in [0.1, 0.15) is 11.6 Å². The van der Waals surface area contributed by atoms with Crippen molar-refractivity contribution in [1.29, 1.82) is 0 Å². The lowest BCUT2D eigenvalue weighted by Gasteiger charge is -2.31. The van der Waals surface area contributed by atoms with E-state index in [0.29, 0.717) is 37.7 Å². The largest absolute Gasteiger partial charge is 0.381 e. The minimum Gasteiger partial charge on any atom is -0.381 e. The Morgan fingerprint density at radius 1 is 1.10 bits per heavy atom. The normalized spacial score (nSPS) is 23.1. The zero-order valence-electron chi connectivity index (χ0n) is 22.4. The Labute approximate surface area is 226 Å². The molecule has 2 N–H and O–H groups in total. The van der Waals surface area contributed by atoms with Crippen molar-refractivity contribution in [3.63, 3.8) is 0 Å². The molecule has 5 rings (SSSR count). The van der Waals surface area contributed by atoms with Gasteiger partial charge in [-0.1, -0.05) is 18.2 Å². The number of nitrogens with one attached hydrogen (secondary N) is 2. The van der Waals surface area contributed by atoms with Crippen molar-refractivity contribution < 1.29 is 27.1 Å². The molecule has 2 aromatic rings. The van der Waals surface area contributed by atoms with Gasteiger partial charge < -0.3 is 25.2 Å². The van der Waals surface area contributed by atoms with Gasteiger partial charge in [-0.3, -0.25) is 4.79 Å². The number of nitrogens with zero attached hydrogens (tertiary/aromatic N) is 2. The molecule has 0 bridgehead atoms. The number of ether oxygens (including phenoxy) is 1. The van der Waals surface area contributed by atoms with Crippen molar-refractivity contribution in [2.24, 2.45) is 5.41 Å².